The summed E-state index contributed by atoms with van der Waals surface area (Å²) >= 11 is 0. The van der Waals surface area contributed by atoms with Crippen LogP contribution >= 0.6 is 0 Å². The van der Waals surface area contributed by atoms with E-state index in [4.69, 9.17) is 10.2 Å². The van der Waals surface area contributed by atoms with Gasteiger partial charge in [-0.2, -0.15) is 0 Å². The standard InChI is InChI=1S/C10H21NO3/c1-5-6-8(9(13)14)11(4)10(2,3)7-12/h8,12H,5-7H2,1-4H3,(H,13,14). The summed E-state index contributed by atoms with van der Waals surface area (Å²) in [6.07, 6.45) is 1.43. The van der Waals surface area contributed by atoms with Crippen LogP contribution in [-0.2, 0) is 4.79 Å². The molecule has 0 aromatic rings. The van der Waals surface area contributed by atoms with Gasteiger partial charge in [0.25, 0.3) is 0 Å². The summed E-state index contributed by atoms with van der Waals surface area (Å²) in [6, 6.07) is -0.512. The molecule has 4 nitrogen and oxygen atoms in total. The number of rotatable bonds is 6. The maximum atomic E-state index is 11.0. The molecule has 2 N–H and O–H groups in total. The zero-order valence-electron chi connectivity index (χ0n) is 9.45. The third-order valence-electron chi connectivity index (χ3n) is 2.66. The quantitative estimate of drug-likeness (QED) is 0.674. The molecule has 84 valence electrons. The van der Waals surface area contributed by atoms with Crippen LogP contribution in [0.5, 0.6) is 0 Å². The van der Waals surface area contributed by atoms with Crippen molar-refractivity contribution in [3.05, 3.63) is 0 Å². The van der Waals surface area contributed by atoms with Crippen LogP contribution < -0.4 is 0 Å². The summed E-state index contributed by atoms with van der Waals surface area (Å²) in [4.78, 5) is 12.7. The van der Waals surface area contributed by atoms with E-state index in [1.807, 2.05) is 20.8 Å². The molecular weight excluding hydrogens is 182 g/mol. The van der Waals surface area contributed by atoms with E-state index in [0.29, 0.717) is 6.42 Å². The van der Waals surface area contributed by atoms with E-state index in [0.717, 1.165) is 6.42 Å². The molecule has 1 atom stereocenters. The predicted octanol–water partition coefficient (Wildman–Crippen LogP) is 0.942. The molecule has 0 amide bonds. The molecule has 14 heavy (non-hydrogen) atoms. The monoisotopic (exact) mass is 203 g/mol. The average molecular weight is 203 g/mol. The second-order valence-corrected chi connectivity index (χ2v) is 4.22. The minimum Gasteiger partial charge on any atom is -0.480 e. The van der Waals surface area contributed by atoms with Gasteiger partial charge in [0, 0.05) is 5.54 Å². The van der Waals surface area contributed by atoms with E-state index in [1.54, 1.807) is 11.9 Å². The van der Waals surface area contributed by atoms with Gasteiger partial charge in [-0.15, -0.1) is 0 Å². The van der Waals surface area contributed by atoms with Gasteiger partial charge in [0.2, 0.25) is 0 Å². The molecule has 0 bridgehead atoms. The Kier molecular flexibility index (Phi) is 5.08. The lowest BCUT2D eigenvalue weighted by Gasteiger charge is -2.37. The zero-order valence-corrected chi connectivity index (χ0v) is 9.45. The number of aliphatic hydroxyl groups excluding tert-OH is 1. The minimum absolute atomic E-state index is 0.0446. The van der Waals surface area contributed by atoms with Crippen molar-refractivity contribution in [1.29, 1.82) is 0 Å². The summed E-state index contributed by atoms with van der Waals surface area (Å²) in [5.41, 5.74) is -0.488. The summed E-state index contributed by atoms with van der Waals surface area (Å²) in [6.45, 7) is 5.57. The van der Waals surface area contributed by atoms with Crippen molar-refractivity contribution >= 4 is 5.97 Å². The lowest BCUT2D eigenvalue weighted by atomic mass is 10.00. The number of nitrogens with zero attached hydrogens (tertiary/aromatic N) is 1. The van der Waals surface area contributed by atoms with E-state index < -0.39 is 17.6 Å². The first-order valence-corrected chi connectivity index (χ1v) is 4.93. The highest BCUT2D eigenvalue weighted by Crippen LogP contribution is 2.17. The van der Waals surface area contributed by atoms with Gasteiger partial charge >= 0.3 is 5.97 Å². The molecule has 0 aromatic heterocycles. The smallest absolute Gasteiger partial charge is 0.320 e. The normalized spacial score (nSPS) is 14.4. The fourth-order valence-corrected chi connectivity index (χ4v) is 1.29. The number of carboxylic acids is 1. The molecular formula is C10H21NO3. The summed E-state index contributed by atoms with van der Waals surface area (Å²) in [7, 11) is 1.74. The molecule has 0 saturated heterocycles. The number of carboxylic acid groups (broad SMARTS) is 1. The molecule has 0 spiro atoms. The van der Waals surface area contributed by atoms with Crippen LogP contribution in [0.3, 0.4) is 0 Å². The van der Waals surface area contributed by atoms with Gasteiger partial charge in [0.15, 0.2) is 0 Å². The molecule has 0 aromatic carbocycles. The van der Waals surface area contributed by atoms with Gasteiger partial charge < -0.3 is 10.2 Å². The van der Waals surface area contributed by atoms with E-state index in [1.165, 1.54) is 0 Å². The van der Waals surface area contributed by atoms with Gasteiger partial charge in [0.1, 0.15) is 6.04 Å². The molecule has 0 rings (SSSR count). The van der Waals surface area contributed by atoms with Crippen molar-refractivity contribution in [2.45, 2.75) is 45.2 Å². The van der Waals surface area contributed by atoms with Crippen LogP contribution in [-0.4, -0.2) is 46.3 Å². The Labute approximate surface area is 85.5 Å². The lowest BCUT2D eigenvalue weighted by Crippen LogP contribution is -2.52. The highest BCUT2D eigenvalue weighted by Gasteiger charge is 2.32. The molecule has 1 unspecified atom stereocenters. The first-order chi connectivity index (χ1) is 6.36. The third kappa shape index (κ3) is 3.27. The topological polar surface area (TPSA) is 60.8 Å². The van der Waals surface area contributed by atoms with Crippen molar-refractivity contribution in [1.82, 2.24) is 4.90 Å². The van der Waals surface area contributed by atoms with Gasteiger partial charge in [-0.3, -0.25) is 9.69 Å². The van der Waals surface area contributed by atoms with Crippen LogP contribution in [0.2, 0.25) is 0 Å². The molecule has 0 aliphatic carbocycles. The van der Waals surface area contributed by atoms with Gasteiger partial charge in [-0.25, -0.2) is 0 Å². The number of aliphatic carboxylic acids is 1. The van der Waals surface area contributed by atoms with E-state index in [-0.39, 0.29) is 6.61 Å². The van der Waals surface area contributed by atoms with Crippen LogP contribution in [0.1, 0.15) is 33.6 Å². The lowest BCUT2D eigenvalue weighted by molar-refractivity contribution is -0.145. The van der Waals surface area contributed by atoms with Crippen molar-refractivity contribution in [2.24, 2.45) is 0 Å². The molecule has 0 heterocycles. The SMILES string of the molecule is CCCC(C(=O)O)N(C)C(C)(C)CO. The summed E-state index contributed by atoms with van der Waals surface area (Å²) in [5, 5.41) is 18.1. The van der Waals surface area contributed by atoms with Crippen LogP contribution in [0.15, 0.2) is 0 Å². The highest BCUT2D eigenvalue weighted by molar-refractivity contribution is 5.73. The number of hydrogen-bond acceptors (Lipinski definition) is 3. The Bertz CT molecular complexity index is 192. The van der Waals surface area contributed by atoms with Gasteiger partial charge in [-0.1, -0.05) is 13.3 Å². The highest BCUT2D eigenvalue weighted by atomic mass is 16.4. The largest absolute Gasteiger partial charge is 0.480 e. The van der Waals surface area contributed by atoms with Crippen molar-refractivity contribution < 1.29 is 15.0 Å². The van der Waals surface area contributed by atoms with Crippen molar-refractivity contribution in [2.75, 3.05) is 13.7 Å². The second kappa shape index (κ2) is 5.32. The zero-order chi connectivity index (χ0) is 11.4. The van der Waals surface area contributed by atoms with E-state index >= 15 is 0 Å². The predicted molar refractivity (Wildman–Crippen MR) is 55.3 cm³/mol. The number of hydrogen-bond donors (Lipinski definition) is 2. The fraction of sp³-hybridized carbons (Fsp3) is 0.900. The maximum Gasteiger partial charge on any atom is 0.320 e. The Morgan fingerprint density at radius 3 is 2.29 bits per heavy atom. The molecule has 0 saturated carbocycles. The molecule has 0 aliphatic rings. The molecule has 0 fully saturated rings. The van der Waals surface area contributed by atoms with Gasteiger partial charge in [0.05, 0.1) is 6.61 Å². The maximum absolute atomic E-state index is 11.0. The first kappa shape index (κ1) is 13.4. The first-order valence-electron chi connectivity index (χ1n) is 4.93. The van der Waals surface area contributed by atoms with Crippen LogP contribution in [0.4, 0.5) is 0 Å². The number of likely N-dealkylation sites (N-methyl/N-ethyl adjacent to an activating group) is 1. The van der Waals surface area contributed by atoms with E-state index in [2.05, 4.69) is 0 Å². The van der Waals surface area contributed by atoms with Crippen LogP contribution in [0, 0.1) is 0 Å². The van der Waals surface area contributed by atoms with E-state index in [9.17, 15) is 4.79 Å². The van der Waals surface area contributed by atoms with Crippen molar-refractivity contribution in [3.63, 3.8) is 0 Å². The average Bonchev–Trinajstić information content (AvgIpc) is 2.12. The Hall–Kier alpha value is -0.610. The number of aliphatic hydroxyl groups is 1. The third-order valence-corrected chi connectivity index (χ3v) is 2.66. The molecule has 0 aliphatic heterocycles. The molecule has 0 radical (unpaired) electrons. The summed E-state index contributed by atoms with van der Waals surface area (Å²) < 4.78 is 0. The Balaban J connectivity index is 4.58. The number of carbonyl (C=O) groups is 1. The second-order valence-electron chi connectivity index (χ2n) is 4.22. The Morgan fingerprint density at radius 2 is 2.00 bits per heavy atom. The van der Waals surface area contributed by atoms with Crippen molar-refractivity contribution in [3.8, 4) is 0 Å². The Morgan fingerprint density at radius 1 is 1.50 bits per heavy atom. The minimum atomic E-state index is -0.823. The molecule has 4 heteroatoms. The fourth-order valence-electron chi connectivity index (χ4n) is 1.29. The van der Waals surface area contributed by atoms with Crippen LogP contribution in [0.25, 0.3) is 0 Å². The summed E-state index contributed by atoms with van der Waals surface area (Å²) in [5.74, 6) is -0.823. The van der Waals surface area contributed by atoms with Gasteiger partial charge in [-0.05, 0) is 27.3 Å².